The lowest BCUT2D eigenvalue weighted by Crippen LogP contribution is -2.04. The number of hydrogen-bond acceptors (Lipinski definition) is 13. The maximum absolute atomic E-state index is 6.18. The Bertz CT molecular complexity index is 3210. The molecule has 0 atom stereocenters. The Balaban J connectivity index is 1.01. The van der Waals surface area contributed by atoms with Crippen LogP contribution >= 0.6 is 0 Å². The Labute approximate surface area is 338 Å². The molecule has 0 aliphatic carbocycles. The van der Waals surface area contributed by atoms with E-state index < -0.39 is 0 Å². The summed E-state index contributed by atoms with van der Waals surface area (Å²) in [6.45, 7) is 0. The molecule has 0 radical (unpaired) electrons. The number of benzene rings is 6. The van der Waals surface area contributed by atoms with Gasteiger partial charge in [0.2, 0.25) is 29.4 Å². The number of nitrogens with zero attached hydrogens (tertiary/aromatic N) is 9. The monoisotopic (exact) mass is 779 g/mol. The molecule has 6 heterocycles. The fourth-order valence-corrected chi connectivity index (χ4v) is 6.98. The number of para-hydroxylation sites is 8. The Hall–Kier alpha value is -8.71. The normalized spacial score (nSPS) is 11.7. The van der Waals surface area contributed by atoms with E-state index in [4.69, 9.17) is 52.6 Å². The van der Waals surface area contributed by atoms with Crippen molar-refractivity contribution in [2.75, 3.05) is 0 Å². The van der Waals surface area contributed by atoms with Crippen LogP contribution in [-0.2, 0) is 0 Å². The van der Waals surface area contributed by atoms with E-state index in [1.807, 2.05) is 146 Å². The van der Waals surface area contributed by atoms with Crippen LogP contribution in [0.25, 0.3) is 125 Å². The molecule has 13 heteroatoms. The van der Waals surface area contributed by atoms with Crippen molar-refractivity contribution >= 4 is 44.4 Å². The summed E-state index contributed by atoms with van der Waals surface area (Å²) in [6.07, 6.45) is 0. The number of oxazole rings is 4. The van der Waals surface area contributed by atoms with Crippen LogP contribution in [0.2, 0.25) is 0 Å². The standard InChI is InChI=1S/C47H25N9O4/c1-5-13-36-30(9-1)50-44(57-36)28-21-17-26(18-22-28)40-54-41(27-19-23-29(24-20-27)45-51-31-10-2-6-14-37(31)58-45)56-43(55-40)42-48-34(46-52-32-11-3-7-15-38(32)59-46)25-35(49-42)47-53-33-12-4-8-16-39(33)60-47/h1-25H. The van der Waals surface area contributed by atoms with Gasteiger partial charge >= 0.3 is 0 Å². The summed E-state index contributed by atoms with van der Waals surface area (Å²) in [5.41, 5.74) is 9.40. The van der Waals surface area contributed by atoms with Crippen molar-refractivity contribution in [3.8, 4) is 80.5 Å². The molecule has 0 amide bonds. The topological polar surface area (TPSA) is 169 Å². The second-order valence-electron chi connectivity index (χ2n) is 13.9. The summed E-state index contributed by atoms with van der Waals surface area (Å²) in [6, 6.07) is 47.5. The third kappa shape index (κ3) is 5.92. The van der Waals surface area contributed by atoms with E-state index in [9.17, 15) is 0 Å². The van der Waals surface area contributed by atoms with Crippen LogP contribution in [0.4, 0.5) is 0 Å². The van der Waals surface area contributed by atoms with Crippen LogP contribution in [0, 0.1) is 0 Å². The molecule has 6 aromatic heterocycles. The van der Waals surface area contributed by atoms with Crippen LogP contribution in [-0.4, -0.2) is 44.9 Å². The zero-order valence-electron chi connectivity index (χ0n) is 31.1. The number of fused-ring (bicyclic) bond motifs is 4. The van der Waals surface area contributed by atoms with Gasteiger partial charge in [-0.1, -0.05) is 72.8 Å². The van der Waals surface area contributed by atoms with Gasteiger partial charge in [0.05, 0.1) is 0 Å². The maximum Gasteiger partial charge on any atom is 0.246 e. The molecule has 12 aromatic rings. The molecule has 13 nitrogen and oxygen atoms in total. The number of rotatable bonds is 7. The summed E-state index contributed by atoms with van der Waals surface area (Å²) in [4.78, 5) is 43.6. The highest BCUT2D eigenvalue weighted by atomic mass is 16.4. The van der Waals surface area contributed by atoms with Gasteiger partial charge in [-0.05, 0) is 72.8 Å². The molecular formula is C47H25N9O4. The lowest BCUT2D eigenvalue weighted by molar-refractivity contribution is 0.612. The van der Waals surface area contributed by atoms with Crippen LogP contribution in [0.3, 0.4) is 0 Å². The molecule has 12 rings (SSSR count). The van der Waals surface area contributed by atoms with Crippen molar-refractivity contribution < 1.29 is 17.7 Å². The Morgan fingerprint density at radius 1 is 0.250 bits per heavy atom. The Kier molecular flexibility index (Phi) is 7.50. The summed E-state index contributed by atoms with van der Waals surface area (Å²) < 4.78 is 24.4. The third-order valence-electron chi connectivity index (χ3n) is 9.96. The maximum atomic E-state index is 6.18. The first kappa shape index (κ1) is 33.4. The predicted octanol–water partition coefficient (Wildman–Crippen LogP) is 10.9. The lowest BCUT2D eigenvalue weighted by Gasteiger charge is -2.09. The van der Waals surface area contributed by atoms with E-state index in [0.717, 1.165) is 33.3 Å². The molecule has 0 aliphatic rings. The molecule has 6 aromatic carbocycles. The van der Waals surface area contributed by atoms with E-state index in [1.165, 1.54) is 0 Å². The molecule has 0 aliphatic heterocycles. The van der Waals surface area contributed by atoms with Gasteiger partial charge in [-0.15, -0.1) is 0 Å². The quantitative estimate of drug-likeness (QED) is 0.150. The van der Waals surface area contributed by atoms with E-state index >= 15 is 0 Å². The van der Waals surface area contributed by atoms with Crippen molar-refractivity contribution in [3.05, 3.63) is 152 Å². The second kappa shape index (κ2) is 13.5. The predicted molar refractivity (Wildman–Crippen MR) is 224 cm³/mol. The molecule has 0 unspecified atom stereocenters. The molecular weight excluding hydrogens is 755 g/mol. The van der Waals surface area contributed by atoms with Crippen molar-refractivity contribution in [3.63, 3.8) is 0 Å². The molecule has 282 valence electrons. The minimum absolute atomic E-state index is 0.183. The van der Waals surface area contributed by atoms with Crippen LogP contribution in [0.15, 0.2) is 169 Å². The summed E-state index contributed by atoms with van der Waals surface area (Å²) >= 11 is 0. The van der Waals surface area contributed by atoms with Crippen molar-refractivity contribution in [1.29, 1.82) is 0 Å². The first-order valence-corrected chi connectivity index (χ1v) is 18.9. The Morgan fingerprint density at radius 2 is 0.550 bits per heavy atom. The summed E-state index contributed by atoms with van der Waals surface area (Å²) in [7, 11) is 0. The minimum atomic E-state index is 0.183. The first-order valence-electron chi connectivity index (χ1n) is 18.9. The van der Waals surface area contributed by atoms with Gasteiger partial charge in [0.15, 0.2) is 39.8 Å². The van der Waals surface area contributed by atoms with Crippen LogP contribution in [0.5, 0.6) is 0 Å². The average molecular weight is 780 g/mol. The van der Waals surface area contributed by atoms with Gasteiger partial charge in [-0.3, -0.25) is 0 Å². The lowest BCUT2D eigenvalue weighted by atomic mass is 10.1. The van der Waals surface area contributed by atoms with E-state index in [-0.39, 0.29) is 23.4 Å². The SMILES string of the molecule is c1ccc2oc(-c3ccc(-c4nc(-c5ccc(-c6nc7ccccc7o6)cc5)nc(-c5nc(-c6nc7ccccc7o6)cc(-c6nc7ccccc7o6)n5)n4)cc3)nc2c1. The van der Waals surface area contributed by atoms with E-state index in [1.54, 1.807) is 6.07 Å². The average Bonchev–Trinajstić information content (AvgIpc) is 4.13. The van der Waals surface area contributed by atoms with Gasteiger partial charge in [-0.2, -0.15) is 0 Å². The highest BCUT2D eigenvalue weighted by Crippen LogP contribution is 2.33. The molecule has 0 saturated carbocycles. The zero-order chi connectivity index (χ0) is 39.6. The number of aromatic nitrogens is 9. The minimum Gasteiger partial charge on any atom is -0.436 e. The molecule has 0 saturated heterocycles. The molecule has 0 fully saturated rings. The van der Waals surface area contributed by atoms with Gasteiger partial charge in [-0.25, -0.2) is 44.9 Å². The molecule has 0 bridgehead atoms. The molecule has 0 spiro atoms. The van der Waals surface area contributed by atoms with Crippen LogP contribution in [0.1, 0.15) is 0 Å². The Morgan fingerprint density at radius 3 is 0.933 bits per heavy atom. The second-order valence-corrected chi connectivity index (χ2v) is 13.9. The van der Waals surface area contributed by atoms with Gasteiger partial charge < -0.3 is 17.7 Å². The number of hydrogen-bond donors (Lipinski definition) is 0. The zero-order valence-corrected chi connectivity index (χ0v) is 31.1. The molecule has 60 heavy (non-hydrogen) atoms. The fourth-order valence-electron chi connectivity index (χ4n) is 6.98. The van der Waals surface area contributed by atoms with Crippen molar-refractivity contribution in [2.45, 2.75) is 0 Å². The highest BCUT2D eigenvalue weighted by molar-refractivity contribution is 5.80. The summed E-state index contributed by atoms with van der Waals surface area (Å²) in [5.74, 6) is 2.76. The van der Waals surface area contributed by atoms with E-state index in [0.29, 0.717) is 68.2 Å². The van der Waals surface area contributed by atoms with Gasteiger partial charge in [0.1, 0.15) is 33.5 Å². The third-order valence-corrected chi connectivity index (χ3v) is 9.96. The van der Waals surface area contributed by atoms with Crippen molar-refractivity contribution in [1.82, 2.24) is 44.9 Å². The highest BCUT2D eigenvalue weighted by Gasteiger charge is 2.22. The molecule has 0 N–H and O–H groups in total. The van der Waals surface area contributed by atoms with Crippen molar-refractivity contribution in [2.24, 2.45) is 0 Å². The smallest absolute Gasteiger partial charge is 0.246 e. The van der Waals surface area contributed by atoms with Crippen LogP contribution < -0.4 is 0 Å². The largest absolute Gasteiger partial charge is 0.436 e. The van der Waals surface area contributed by atoms with E-state index in [2.05, 4.69) is 9.97 Å². The van der Waals surface area contributed by atoms with Gasteiger partial charge in [0, 0.05) is 28.3 Å². The first-order chi connectivity index (χ1) is 29.6. The van der Waals surface area contributed by atoms with Gasteiger partial charge in [0.25, 0.3) is 0 Å². The summed E-state index contributed by atoms with van der Waals surface area (Å²) in [5, 5.41) is 0. The fraction of sp³-hybridized carbons (Fsp3) is 0.